The molecule has 5 heteroatoms. The molecule has 1 saturated carbocycles. The van der Waals surface area contributed by atoms with Crippen LogP contribution < -0.4 is 9.64 Å². The van der Waals surface area contributed by atoms with Crippen LogP contribution in [0.25, 0.3) is 11.1 Å². The van der Waals surface area contributed by atoms with E-state index in [2.05, 4.69) is 0 Å². The van der Waals surface area contributed by atoms with Gasteiger partial charge >= 0.3 is 0 Å². The number of allylic oxidation sites excluding steroid dienone is 2. The topological polar surface area (TPSA) is 63.7 Å². The number of ketones is 1. The molecule has 5 aromatic carbocycles. The molecule has 2 aliphatic carbocycles. The van der Waals surface area contributed by atoms with Gasteiger partial charge in [0.2, 0.25) is 11.8 Å². The minimum absolute atomic E-state index is 0.134. The molecular formula is C42H33NO4. The van der Waals surface area contributed by atoms with Crippen molar-refractivity contribution in [2.45, 2.75) is 24.7 Å². The lowest BCUT2D eigenvalue weighted by molar-refractivity contribution is -0.130. The highest BCUT2D eigenvalue weighted by Gasteiger charge is 2.82. The number of anilines is 1. The van der Waals surface area contributed by atoms with Crippen LogP contribution in [0.5, 0.6) is 5.75 Å². The molecule has 1 heterocycles. The summed E-state index contributed by atoms with van der Waals surface area (Å²) in [4.78, 5) is 47.6. The third kappa shape index (κ3) is 3.68. The molecule has 47 heavy (non-hydrogen) atoms. The third-order valence-corrected chi connectivity index (χ3v) is 10.5. The van der Waals surface area contributed by atoms with Gasteiger partial charge < -0.3 is 4.74 Å². The highest BCUT2D eigenvalue weighted by molar-refractivity contribution is 6.39. The second-order valence-corrected chi connectivity index (χ2v) is 12.8. The number of aryl methyl sites for hydroxylation is 2. The van der Waals surface area contributed by atoms with Crippen molar-refractivity contribution >= 4 is 34.4 Å². The van der Waals surface area contributed by atoms with Crippen LogP contribution in [0.2, 0.25) is 0 Å². The van der Waals surface area contributed by atoms with E-state index in [4.69, 9.17) is 4.74 Å². The number of rotatable bonds is 6. The fourth-order valence-corrected chi connectivity index (χ4v) is 8.62. The summed E-state index contributed by atoms with van der Waals surface area (Å²) in [5.41, 5.74) is 4.35. The zero-order valence-electron chi connectivity index (χ0n) is 26.4. The molecule has 1 saturated heterocycles. The zero-order valence-corrected chi connectivity index (χ0v) is 26.4. The number of amides is 2. The number of benzene rings is 5. The van der Waals surface area contributed by atoms with Gasteiger partial charge in [-0.05, 0) is 59.4 Å². The average molecular weight is 616 g/mol. The van der Waals surface area contributed by atoms with Gasteiger partial charge in [0.15, 0.2) is 5.78 Å². The van der Waals surface area contributed by atoms with Crippen LogP contribution in [-0.2, 0) is 25.2 Å². The van der Waals surface area contributed by atoms with Crippen molar-refractivity contribution in [3.05, 3.63) is 167 Å². The van der Waals surface area contributed by atoms with E-state index in [9.17, 15) is 0 Å². The molecule has 2 bridgehead atoms. The summed E-state index contributed by atoms with van der Waals surface area (Å²) < 4.78 is 5.67. The maximum Gasteiger partial charge on any atom is 0.239 e. The van der Waals surface area contributed by atoms with Crippen LogP contribution >= 0.6 is 0 Å². The smallest absolute Gasteiger partial charge is 0.239 e. The molecule has 0 radical (unpaired) electrons. The maximum atomic E-state index is 16.0. The molecule has 4 atom stereocenters. The number of para-hydroxylation sites is 2. The van der Waals surface area contributed by atoms with Gasteiger partial charge in [0, 0.05) is 0 Å². The monoisotopic (exact) mass is 615 g/mol. The number of ether oxygens (including phenoxy) is 1. The Labute approximate surface area is 274 Å². The second-order valence-electron chi connectivity index (χ2n) is 12.8. The molecule has 0 aromatic heterocycles. The Morgan fingerprint density at radius 2 is 0.936 bits per heavy atom. The Bertz CT molecular complexity index is 1970. The van der Waals surface area contributed by atoms with E-state index in [-0.39, 0.29) is 5.78 Å². The average Bonchev–Trinajstić information content (AvgIpc) is 3.61. The van der Waals surface area contributed by atoms with E-state index in [1.807, 2.05) is 129 Å². The number of hydrogen-bond acceptors (Lipinski definition) is 4. The number of nitrogens with zero attached hydrogens (tertiary/aromatic N) is 1. The number of fused-ring (bicyclic) bond motifs is 5. The van der Waals surface area contributed by atoms with Gasteiger partial charge in [-0.3, -0.25) is 14.4 Å². The summed E-state index contributed by atoms with van der Waals surface area (Å²) in [5.74, 6) is -2.48. The van der Waals surface area contributed by atoms with Gasteiger partial charge in [0.25, 0.3) is 0 Å². The fraction of sp³-hybridized carbons (Fsp3) is 0.167. The SMILES string of the molecule is COc1ccccc1N1C(=O)[C@@H]2[C@H](C1=O)[C@@]1(c3ccccc3)C(=O)[C@@]2(c2ccccc2)C(c2ccc(C)cc2)=C1c1ccc(C)cc1. The van der Waals surface area contributed by atoms with Crippen LogP contribution in [0.3, 0.4) is 0 Å². The number of methoxy groups -OCH3 is 1. The van der Waals surface area contributed by atoms with Crippen molar-refractivity contribution in [3.8, 4) is 5.75 Å². The number of Topliss-reactive ketones (excluding diaryl/α,β-unsaturated/α-hetero) is 1. The molecule has 230 valence electrons. The van der Waals surface area contributed by atoms with Crippen molar-refractivity contribution in [2.75, 3.05) is 12.0 Å². The molecule has 0 spiro atoms. The fourth-order valence-electron chi connectivity index (χ4n) is 8.62. The van der Waals surface area contributed by atoms with Gasteiger partial charge in [-0.25, -0.2) is 4.90 Å². The third-order valence-electron chi connectivity index (χ3n) is 10.5. The van der Waals surface area contributed by atoms with Crippen molar-refractivity contribution in [1.29, 1.82) is 0 Å². The van der Waals surface area contributed by atoms with Crippen LogP contribution in [0.4, 0.5) is 5.69 Å². The predicted molar refractivity (Wildman–Crippen MR) is 183 cm³/mol. The molecule has 5 aromatic rings. The normalized spacial score (nSPS) is 24.7. The Morgan fingerprint density at radius 3 is 1.36 bits per heavy atom. The predicted octanol–water partition coefficient (Wildman–Crippen LogP) is 7.50. The van der Waals surface area contributed by atoms with Gasteiger partial charge in [-0.15, -0.1) is 0 Å². The number of hydrogen-bond donors (Lipinski definition) is 0. The van der Waals surface area contributed by atoms with E-state index in [0.717, 1.165) is 33.4 Å². The summed E-state index contributed by atoms with van der Waals surface area (Å²) in [6.45, 7) is 4.06. The van der Waals surface area contributed by atoms with Crippen molar-refractivity contribution in [1.82, 2.24) is 0 Å². The van der Waals surface area contributed by atoms with Crippen molar-refractivity contribution in [3.63, 3.8) is 0 Å². The molecule has 0 unspecified atom stereocenters. The first-order valence-corrected chi connectivity index (χ1v) is 15.9. The van der Waals surface area contributed by atoms with Gasteiger partial charge in [0.05, 0.1) is 35.5 Å². The molecule has 0 N–H and O–H groups in total. The van der Waals surface area contributed by atoms with Crippen molar-refractivity contribution < 1.29 is 19.1 Å². The molecule has 2 amide bonds. The molecule has 2 fully saturated rings. The number of carbonyl (C=O) groups excluding carboxylic acids is 3. The molecule has 3 aliphatic rings. The van der Waals surface area contributed by atoms with Gasteiger partial charge in [0.1, 0.15) is 5.75 Å². The van der Waals surface area contributed by atoms with Crippen LogP contribution in [0.1, 0.15) is 33.4 Å². The first-order chi connectivity index (χ1) is 22.9. The van der Waals surface area contributed by atoms with Crippen LogP contribution in [-0.4, -0.2) is 24.7 Å². The lowest BCUT2D eigenvalue weighted by Gasteiger charge is -2.39. The van der Waals surface area contributed by atoms with E-state index < -0.39 is 34.5 Å². The van der Waals surface area contributed by atoms with Crippen molar-refractivity contribution in [2.24, 2.45) is 11.8 Å². The van der Waals surface area contributed by atoms with E-state index in [0.29, 0.717) is 22.6 Å². The summed E-state index contributed by atoms with van der Waals surface area (Å²) in [6.07, 6.45) is 0. The number of carbonyl (C=O) groups is 3. The minimum Gasteiger partial charge on any atom is -0.495 e. The van der Waals surface area contributed by atoms with E-state index >= 15 is 14.4 Å². The van der Waals surface area contributed by atoms with E-state index in [1.165, 1.54) is 12.0 Å². The molecule has 1 aliphatic heterocycles. The molecule has 5 nitrogen and oxygen atoms in total. The summed E-state index contributed by atoms with van der Waals surface area (Å²) in [6, 6.07) is 42.6. The standard InChI is InChI=1S/C42H33NO4/c1-26-18-22-28(23-19-26)34-35(29-24-20-27(2)21-25-29)42(31-14-8-5-9-15-31)37-36(41(34,40(42)46)30-12-6-4-7-13-30)38(44)43(39(37)45)32-16-10-11-17-33(32)47-3/h4-25,36-37H,1-3H3/t36-,37+,41-,42-/m0/s1. The Balaban J connectivity index is 1.56. The molecule has 8 rings (SSSR count). The first kappa shape index (κ1) is 28.9. The first-order valence-electron chi connectivity index (χ1n) is 15.9. The minimum atomic E-state index is -1.44. The number of imide groups is 1. The second kappa shape index (κ2) is 10.5. The highest BCUT2D eigenvalue weighted by Crippen LogP contribution is 2.74. The van der Waals surface area contributed by atoms with Gasteiger partial charge in [-0.2, -0.15) is 0 Å². The van der Waals surface area contributed by atoms with Crippen LogP contribution in [0.15, 0.2) is 133 Å². The lowest BCUT2D eigenvalue weighted by Crippen LogP contribution is -2.45. The summed E-state index contributed by atoms with van der Waals surface area (Å²) >= 11 is 0. The Kier molecular flexibility index (Phi) is 6.45. The lowest BCUT2D eigenvalue weighted by atomic mass is 9.59. The Hall–Kier alpha value is -5.55. The van der Waals surface area contributed by atoms with E-state index in [1.54, 1.807) is 18.2 Å². The zero-order chi connectivity index (χ0) is 32.5. The molecular weight excluding hydrogens is 582 g/mol. The van der Waals surface area contributed by atoms with Crippen LogP contribution in [0, 0.1) is 25.7 Å². The summed E-state index contributed by atoms with van der Waals surface area (Å²) in [5, 5.41) is 0. The quantitative estimate of drug-likeness (QED) is 0.186. The summed E-state index contributed by atoms with van der Waals surface area (Å²) in [7, 11) is 1.53. The maximum absolute atomic E-state index is 16.0. The highest BCUT2D eigenvalue weighted by atomic mass is 16.5. The Morgan fingerprint density at radius 1 is 0.532 bits per heavy atom. The largest absolute Gasteiger partial charge is 0.495 e. The van der Waals surface area contributed by atoms with Gasteiger partial charge in [-0.1, -0.05) is 132 Å².